The summed E-state index contributed by atoms with van der Waals surface area (Å²) in [5.41, 5.74) is 3.32. The number of hydrogen-bond donors (Lipinski definition) is 2. The van der Waals surface area contributed by atoms with Gasteiger partial charge in [-0.25, -0.2) is 0 Å². The van der Waals surface area contributed by atoms with E-state index >= 15 is 0 Å². The van der Waals surface area contributed by atoms with E-state index < -0.39 is 0 Å². The molecule has 0 saturated heterocycles. The normalized spacial score (nSPS) is 10.9. The van der Waals surface area contributed by atoms with Crippen LogP contribution >= 0.6 is 0 Å². The van der Waals surface area contributed by atoms with Gasteiger partial charge in [0.15, 0.2) is 0 Å². The highest BCUT2D eigenvalue weighted by atomic mass is 16.5. The Morgan fingerprint density at radius 1 is 1.22 bits per heavy atom. The first kappa shape index (κ1) is 12.8. The number of nitrogens with one attached hydrogen (secondary N) is 1. The lowest BCUT2D eigenvalue weighted by Crippen LogP contribution is -1.91. The molecule has 0 aliphatic rings. The molecule has 2 N–H and O–H groups in total. The number of hydrogen-bond acceptors (Lipinski definition) is 3. The van der Waals surface area contributed by atoms with Crippen LogP contribution in [-0.4, -0.2) is 30.9 Å². The summed E-state index contributed by atoms with van der Waals surface area (Å²) >= 11 is 0. The van der Waals surface area contributed by atoms with Gasteiger partial charge in [-0.15, -0.1) is 0 Å². The predicted octanol–water partition coefficient (Wildman–Crippen LogP) is 2.42. The van der Waals surface area contributed by atoms with Crippen LogP contribution in [0.4, 0.5) is 0 Å². The van der Waals surface area contributed by atoms with E-state index in [1.54, 1.807) is 14.2 Å². The first-order chi connectivity index (χ1) is 8.71. The molecule has 4 nitrogen and oxygen atoms in total. The van der Waals surface area contributed by atoms with E-state index in [4.69, 9.17) is 14.6 Å². The Bertz CT molecular complexity index is 545. The molecule has 2 aromatic rings. The molecule has 1 aromatic carbocycles. The van der Waals surface area contributed by atoms with E-state index in [0.717, 1.165) is 40.9 Å². The molecule has 0 spiro atoms. The van der Waals surface area contributed by atoms with Crippen molar-refractivity contribution >= 4 is 10.9 Å². The molecule has 0 radical (unpaired) electrons. The minimum absolute atomic E-state index is 0.202. The zero-order chi connectivity index (χ0) is 13.1. The molecule has 2 rings (SSSR count). The fraction of sp³-hybridized carbons (Fsp3) is 0.429. The van der Waals surface area contributed by atoms with Crippen LogP contribution in [0.1, 0.15) is 17.7 Å². The van der Waals surface area contributed by atoms with Crippen molar-refractivity contribution in [3.8, 4) is 11.5 Å². The number of fused-ring (bicyclic) bond motifs is 1. The highest BCUT2D eigenvalue weighted by Crippen LogP contribution is 2.34. The summed E-state index contributed by atoms with van der Waals surface area (Å²) in [5, 5.41) is 10.1. The maximum atomic E-state index is 8.97. The van der Waals surface area contributed by atoms with Gasteiger partial charge in [0.25, 0.3) is 0 Å². The van der Waals surface area contributed by atoms with Crippen molar-refractivity contribution in [3.63, 3.8) is 0 Å². The Morgan fingerprint density at radius 3 is 2.61 bits per heavy atom. The molecular weight excluding hydrogens is 230 g/mol. The van der Waals surface area contributed by atoms with Crippen molar-refractivity contribution in [3.05, 3.63) is 23.4 Å². The average Bonchev–Trinajstić information content (AvgIpc) is 2.71. The third-order valence-electron chi connectivity index (χ3n) is 3.21. The van der Waals surface area contributed by atoms with Crippen LogP contribution < -0.4 is 9.47 Å². The van der Waals surface area contributed by atoms with Gasteiger partial charge in [-0.3, -0.25) is 0 Å². The molecule has 1 heterocycles. The molecule has 0 fully saturated rings. The minimum atomic E-state index is 0.202. The van der Waals surface area contributed by atoms with E-state index in [0.29, 0.717) is 0 Å². The Labute approximate surface area is 107 Å². The predicted molar refractivity (Wildman–Crippen MR) is 71.5 cm³/mol. The Balaban J connectivity index is 2.60. The second kappa shape index (κ2) is 5.31. The van der Waals surface area contributed by atoms with E-state index in [-0.39, 0.29) is 6.61 Å². The lowest BCUT2D eigenvalue weighted by molar-refractivity contribution is 0.288. The number of aryl methyl sites for hydroxylation is 2. The molecule has 1 aromatic heterocycles. The van der Waals surface area contributed by atoms with Crippen LogP contribution in [0.15, 0.2) is 12.1 Å². The molecule has 0 atom stereocenters. The van der Waals surface area contributed by atoms with Gasteiger partial charge in [0.05, 0.1) is 19.7 Å². The van der Waals surface area contributed by atoms with Crippen molar-refractivity contribution < 1.29 is 14.6 Å². The lowest BCUT2D eigenvalue weighted by atomic mass is 10.1. The third-order valence-corrected chi connectivity index (χ3v) is 3.21. The zero-order valence-corrected chi connectivity index (χ0v) is 11.0. The van der Waals surface area contributed by atoms with Gasteiger partial charge in [0.2, 0.25) is 0 Å². The van der Waals surface area contributed by atoms with Gasteiger partial charge < -0.3 is 19.6 Å². The topological polar surface area (TPSA) is 54.5 Å². The van der Waals surface area contributed by atoms with Crippen LogP contribution in [0, 0.1) is 6.92 Å². The monoisotopic (exact) mass is 249 g/mol. The van der Waals surface area contributed by atoms with Crippen molar-refractivity contribution in [2.45, 2.75) is 19.8 Å². The Hall–Kier alpha value is -1.68. The number of benzene rings is 1. The highest BCUT2D eigenvalue weighted by Gasteiger charge is 2.13. The fourth-order valence-electron chi connectivity index (χ4n) is 2.28. The summed E-state index contributed by atoms with van der Waals surface area (Å²) in [6, 6.07) is 3.88. The fourth-order valence-corrected chi connectivity index (χ4v) is 2.28. The van der Waals surface area contributed by atoms with Crippen LogP contribution in [0.25, 0.3) is 10.9 Å². The maximum Gasteiger partial charge on any atom is 0.146 e. The minimum Gasteiger partial charge on any atom is -0.497 e. The zero-order valence-electron chi connectivity index (χ0n) is 11.0. The van der Waals surface area contributed by atoms with E-state index in [2.05, 4.69) is 4.98 Å². The van der Waals surface area contributed by atoms with Gasteiger partial charge in [-0.2, -0.15) is 0 Å². The van der Waals surface area contributed by atoms with E-state index in [9.17, 15) is 0 Å². The molecule has 18 heavy (non-hydrogen) atoms. The molecule has 0 unspecified atom stereocenters. The number of H-pyrrole nitrogens is 1. The summed E-state index contributed by atoms with van der Waals surface area (Å²) in [6.07, 6.45) is 1.60. The highest BCUT2D eigenvalue weighted by molar-refractivity contribution is 5.91. The maximum absolute atomic E-state index is 8.97. The van der Waals surface area contributed by atoms with E-state index in [1.807, 2.05) is 19.1 Å². The standard InChI is InChI=1S/C14H19NO3/c1-9-11(5-4-6-16)12-7-10(17-2)8-13(18-3)14(12)15-9/h7-8,15-16H,4-6H2,1-3H3. The first-order valence-electron chi connectivity index (χ1n) is 6.05. The molecule has 0 aliphatic carbocycles. The Kier molecular flexibility index (Phi) is 3.77. The molecule has 0 saturated carbocycles. The summed E-state index contributed by atoms with van der Waals surface area (Å²) in [5.74, 6) is 1.56. The summed E-state index contributed by atoms with van der Waals surface area (Å²) < 4.78 is 10.7. The summed E-state index contributed by atoms with van der Waals surface area (Å²) in [6.45, 7) is 2.24. The van der Waals surface area contributed by atoms with Crippen LogP contribution in [-0.2, 0) is 6.42 Å². The van der Waals surface area contributed by atoms with Crippen molar-refractivity contribution in [1.29, 1.82) is 0 Å². The molecule has 0 bridgehead atoms. The van der Waals surface area contributed by atoms with Crippen molar-refractivity contribution in [1.82, 2.24) is 4.98 Å². The van der Waals surface area contributed by atoms with E-state index in [1.165, 1.54) is 5.56 Å². The SMILES string of the molecule is COc1cc(OC)c2[nH]c(C)c(CCCO)c2c1. The molecular formula is C14H19NO3. The second-order valence-electron chi connectivity index (χ2n) is 4.31. The largest absolute Gasteiger partial charge is 0.497 e. The quantitative estimate of drug-likeness (QED) is 0.855. The summed E-state index contributed by atoms with van der Waals surface area (Å²) in [4.78, 5) is 3.34. The van der Waals surface area contributed by atoms with Gasteiger partial charge in [0, 0.05) is 23.8 Å². The van der Waals surface area contributed by atoms with Crippen LogP contribution in [0.5, 0.6) is 11.5 Å². The second-order valence-corrected chi connectivity index (χ2v) is 4.31. The number of aromatic amines is 1. The first-order valence-corrected chi connectivity index (χ1v) is 6.05. The van der Waals surface area contributed by atoms with Crippen LogP contribution in [0.2, 0.25) is 0 Å². The van der Waals surface area contributed by atoms with Gasteiger partial charge in [-0.1, -0.05) is 0 Å². The molecule has 98 valence electrons. The number of methoxy groups -OCH3 is 2. The van der Waals surface area contributed by atoms with Crippen molar-refractivity contribution in [2.24, 2.45) is 0 Å². The average molecular weight is 249 g/mol. The lowest BCUT2D eigenvalue weighted by Gasteiger charge is -2.06. The number of aliphatic hydroxyl groups is 1. The smallest absolute Gasteiger partial charge is 0.146 e. The number of aromatic nitrogens is 1. The summed E-state index contributed by atoms with van der Waals surface area (Å²) in [7, 11) is 3.30. The Morgan fingerprint density at radius 2 is 2.00 bits per heavy atom. The van der Waals surface area contributed by atoms with Crippen molar-refractivity contribution in [2.75, 3.05) is 20.8 Å². The number of aliphatic hydroxyl groups excluding tert-OH is 1. The third kappa shape index (κ3) is 2.16. The van der Waals surface area contributed by atoms with Gasteiger partial charge in [-0.05, 0) is 31.4 Å². The number of ether oxygens (including phenoxy) is 2. The van der Waals surface area contributed by atoms with Crippen LogP contribution in [0.3, 0.4) is 0 Å². The molecule has 0 aliphatic heterocycles. The van der Waals surface area contributed by atoms with Gasteiger partial charge in [0.1, 0.15) is 11.5 Å². The molecule has 4 heteroatoms. The number of rotatable bonds is 5. The molecule has 0 amide bonds. The van der Waals surface area contributed by atoms with Gasteiger partial charge >= 0.3 is 0 Å².